The number of hydrogen-bond donors (Lipinski definition) is 1. The summed E-state index contributed by atoms with van der Waals surface area (Å²) in [5.41, 5.74) is 0.757. The zero-order valence-corrected chi connectivity index (χ0v) is 20.3. The molecule has 8 nitrogen and oxygen atoms in total. The summed E-state index contributed by atoms with van der Waals surface area (Å²) < 4.78 is 21.4. The van der Waals surface area contributed by atoms with Crippen LogP contribution in [0.15, 0.2) is 42.0 Å². The highest BCUT2D eigenvalue weighted by Crippen LogP contribution is 2.43. The lowest BCUT2D eigenvalue weighted by atomic mass is 9.94. The van der Waals surface area contributed by atoms with Gasteiger partial charge in [-0.2, -0.15) is 0 Å². The predicted molar refractivity (Wildman–Crippen MR) is 128 cm³/mol. The van der Waals surface area contributed by atoms with E-state index >= 15 is 0 Å². The Morgan fingerprint density at radius 3 is 2.47 bits per heavy atom. The number of ketones is 1. The molecule has 2 aromatic carbocycles. The number of halogens is 1. The first-order valence-corrected chi connectivity index (χ1v) is 11.2. The van der Waals surface area contributed by atoms with Crippen LogP contribution in [0.5, 0.6) is 17.2 Å². The van der Waals surface area contributed by atoms with Crippen LogP contribution in [-0.2, 0) is 14.3 Å². The van der Waals surface area contributed by atoms with E-state index < -0.39 is 17.7 Å². The van der Waals surface area contributed by atoms with Gasteiger partial charge in [0.2, 0.25) is 0 Å². The molecule has 1 fully saturated rings. The summed E-state index contributed by atoms with van der Waals surface area (Å²) in [4.78, 5) is 27.7. The second kappa shape index (κ2) is 11.3. The van der Waals surface area contributed by atoms with E-state index in [1.807, 2.05) is 6.92 Å². The van der Waals surface area contributed by atoms with Gasteiger partial charge in [0.05, 0.1) is 43.0 Å². The molecule has 3 rings (SSSR count). The van der Waals surface area contributed by atoms with Crippen LogP contribution in [0.3, 0.4) is 0 Å². The zero-order chi connectivity index (χ0) is 24.8. The van der Waals surface area contributed by atoms with Gasteiger partial charge in [0.25, 0.3) is 11.7 Å². The highest BCUT2D eigenvalue weighted by atomic mass is 35.5. The van der Waals surface area contributed by atoms with Gasteiger partial charge in [-0.25, -0.2) is 0 Å². The monoisotopic (exact) mass is 489 g/mol. The number of amides is 1. The third-order valence-corrected chi connectivity index (χ3v) is 5.80. The molecule has 1 aliphatic rings. The first-order chi connectivity index (χ1) is 16.4. The van der Waals surface area contributed by atoms with Crippen LogP contribution < -0.4 is 14.2 Å². The van der Waals surface area contributed by atoms with Crippen LogP contribution in [-0.4, -0.2) is 62.8 Å². The van der Waals surface area contributed by atoms with Gasteiger partial charge in [0.15, 0.2) is 0 Å². The molecule has 182 valence electrons. The average molecular weight is 490 g/mol. The van der Waals surface area contributed by atoms with Crippen molar-refractivity contribution in [2.75, 3.05) is 41.1 Å². The first-order valence-electron chi connectivity index (χ1n) is 10.8. The van der Waals surface area contributed by atoms with E-state index in [1.165, 1.54) is 31.3 Å². The third kappa shape index (κ3) is 4.98. The quantitative estimate of drug-likeness (QED) is 0.231. The number of nitrogens with zero attached hydrogens (tertiary/aromatic N) is 1. The maximum absolute atomic E-state index is 13.2. The van der Waals surface area contributed by atoms with Gasteiger partial charge in [-0.1, -0.05) is 23.7 Å². The fourth-order valence-corrected chi connectivity index (χ4v) is 4.20. The van der Waals surface area contributed by atoms with Crippen molar-refractivity contribution in [3.63, 3.8) is 0 Å². The molecule has 1 atom stereocenters. The van der Waals surface area contributed by atoms with Crippen LogP contribution >= 0.6 is 11.6 Å². The highest BCUT2D eigenvalue weighted by molar-refractivity contribution is 6.46. The number of hydrogen-bond acceptors (Lipinski definition) is 7. The van der Waals surface area contributed by atoms with Gasteiger partial charge in [0, 0.05) is 26.3 Å². The lowest BCUT2D eigenvalue weighted by molar-refractivity contribution is -0.140. The molecule has 1 unspecified atom stereocenters. The van der Waals surface area contributed by atoms with E-state index in [2.05, 4.69) is 0 Å². The molecule has 1 heterocycles. The van der Waals surface area contributed by atoms with Crippen molar-refractivity contribution in [1.29, 1.82) is 0 Å². The van der Waals surface area contributed by atoms with Crippen LogP contribution in [0.2, 0.25) is 5.02 Å². The molecule has 2 aromatic rings. The second-order valence-electron chi connectivity index (χ2n) is 7.53. The van der Waals surface area contributed by atoms with Gasteiger partial charge in [-0.15, -0.1) is 0 Å². The van der Waals surface area contributed by atoms with E-state index in [0.717, 1.165) is 0 Å². The standard InChI is InChI=1S/C25H28ClNO7/c1-5-34-16-9-6-8-15(12-16)22-21(24(29)25(30)27(22)10-7-11-31-2)23(28)17-13-20(33-4)18(26)14-19(17)32-3/h6,8-9,12-14,22,28H,5,7,10-11H2,1-4H3/b23-21+. The van der Waals surface area contributed by atoms with Crippen molar-refractivity contribution in [2.24, 2.45) is 0 Å². The minimum Gasteiger partial charge on any atom is -0.507 e. The van der Waals surface area contributed by atoms with Crippen molar-refractivity contribution >= 4 is 29.1 Å². The minimum absolute atomic E-state index is 0.0567. The maximum Gasteiger partial charge on any atom is 0.295 e. The van der Waals surface area contributed by atoms with Crippen molar-refractivity contribution in [3.05, 3.63) is 58.1 Å². The number of benzene rings is 2. The Hall–Kier alpha value is -3.23. The Balaban J connectivity index is 2.22. The Bertz CT molecular complexity index is 1100. The van der Waals surface area contributed by atoms with Crippen molar-refractivity contribution in [1.82, 2.24) is 4.90 Å². The fraction of sp³-hybridized carbons (Fsp3) is 0.360. The number of methoxy groups -OCH3 is 3. The van der Waals surface area contributed by atoms with Crippen molar-refractivity contribution in [2.45, 2.75) is 19.4 Å². The molecular formula is C25H28ClNO7. The number of rotatable bonds is 10. The normalized spacial score (nSPS) is 17.2. The van der Waals surface area contributed by atoms with Gasteiger partial charge in [-0.3, -0.25) is 9.59 Å². The molecule has 0 radical (unpaired) electrons. The summed E-state index contributed by atoms with van der Waals surface area (Å²) in [6, 6.07) is 9.24. The summed E-state index contributed by atoms with van der Waals surface area (Å²) in [5.74, 6) is -0.773. The molecule has 1 amide bonds. The summed E-state index contributed by atoms with van der Waals surface area (Å²) in [6.45, 7) is 3.00. The maximum atomic E-state index is 13.2. The first kappa shape index (κ1) is 25.4. The molecule has 0 saturated carbocycles. The van der Waals surface area contributed by atoms with E-state index in [4.69, 9.17) is 30.5 Å². The van der Waals surface area contributed by atoms with Gasteiger partial charge in [0.1, 0.15) is 23.0 Å². The molecule has 1 aliphatic heterocycles. The summed E-state index contributed by atoms with van der Waals surface area (Å²) in [6.07, 6.45) is 0.517. The molecule has 1 saturated heterocycles. The van der Waals surface area contributed by atoms with Gasteiger partial charge < -0.3 is 29.0 Å². The zero-order valence-electron chi connectivity index (χ0n) is 19.6. The van der Waals surface area contributed by atoms with Gasteiger partial charge in [-0.05, 0) is 37.1 Å². The molecule has 34 heavy (non-hydrogen) atoms. The number of Topliss-reactive ketones (excluding diaryl/α,β-unsaturated/α-hetero) is 1. The average Bonchev–Trinajstić information content (AvgIpc) is 3.09. The highest BCUT2D eigenvalue weighted by Gasteiger charge is 2.46. The molecule has 1 N–H and O–H groups in total. The summed E-state index contributed by atoms with van der Waals surface area (Å²) >= 11 is 6.20. The van der Waals surface area contributed by atoms with Crippen molar-refractivity contribution < 1.29 is 33.6 Å². The van der Waals surface area contributed by atoms with Crippen LogP contribution in [0.4, 0.5) is 0 Å². The third-order valence-electron chi connectivity index (χ3n) is 5.50. The Labute approximate surface area is 203 Å². The Morgan fingerprint density at radius 1 is 1.09 bits per heavy atom. The van der Waals surface area contributed by atoms with Crippen LogP contribution in [0.25, 0.3) is 5.76 Å². The van der Waals surface area contributed by atoms with E-state index in [9.17, 15) is 14.7 Å². The molecule has 0 bridgehead atoms. The van der Waals surface area contributed by atoms with Crippen LogP contribution in [0.1, 0.15) is 30.5 Å². The Morgan fingerprint density at radius 2 is 1.82 bits per heavy atom. The fourth-order valence-electron chi connectivity index (χ4n) is 3.97. The summed E-state index contributed by atoms with van der Waals surface area (Å²) in [7, 11) is 4.42. The topological polar surface area (TPSA) is 94.5 Å². The van der Waals surface area contributed by atoms with E-state index in [1.54, 1.807) is 31.4 Å². The molecule has 0 aliphatic carbocycles. The van der Waals surface area contributed by atoms with Crippen molar-refractivity contribution in [3.8, 4) is 17.2 Å². The molecule has 0 aromatic heterocycles. The number of carbonyl (C=O) groups excluding carboxylic acids is 2. The largest absolute Gasteiger partial charge is 0.507 e. The smallest absolute Gasteiger partial charge is 0.295 e. The Kier molecular flexibility index (Phi) is 8.41. The van der Waals surface area contributed by atoms with Gasteiger partial charge >= 0.3 is 0 Å². The second-order valence-corrected chi connectivity index (χ2v) is 7.94. The summed E-state index contributed by atoms with van der Waals surface area (Å²) in [5, 5.41) is 11.6. The minimum atomic E-state index is -0.830. The molecule has 9 heteroatoms. The van der Waals surface area contributed by atoms with E-state index in [-0.39, 0.29) is 40.0 Å². The van der Waals surface area contributed by atoms with E-state index in [0.29, 0.717) is 30.9 Å². The van der Waals surface area contributed by atoms with Crippen LogP contribution in [0, 0.1) is 0 Å². The SMILES string of the molecule is CCOc1cccc(C2/C(=C(\O)c3cc(OC)c(Cl)cc3OC)C(=O)C(=O)N2CCCOC)c1. The number of aliphatic hydroxyl groups is 1. The lowest BCUT2D eigenvalue weighted by Crippen LogP contribution is -2.31. The molecule has 0 spiro atoms. The number of carbonyl (C=O) groups is 2. The number of aliphatic hydroxyl groups excluding tert-OH is 1. The lowest BCUT2D eigenvalue weighted by Gasteiger charge is -2.25. The number of likely N-dealkylation sites (tertiary alicyclic amines) is 1. The molecular weight excluding hydrogens is 462 g/mol. The number of ether oxygens (including phenoxy) is 4. The predicted octanol–water partition coefficient (Wildman–Crippen LogP) is 4.21.